The summed E-state index contributed by atoms with van der Waals surface area (Å²) in [6.07, 6.45) is 0. The van der Waals surface area contributed by atoms with Crippen LogP contribution >= 0.6 is 0 Å². The number of hydrogen-bond acceptors (Lipinski definition) is 2. The van der Waals surface area contributed by atoms with E-state index in [4.69, 9.17) is 4.74 Å². The highest BCUT2D eigenvalue weighted by Gasteiger charge is 2.36. The third-order valence-corrected chi connectivity index (χ3v) is 11.1. The predicted molar refractivity (Wildman–Crippen MR) is 221 cm³/mol. The Morgan fingerprint density at radius 3 is 1.64 bits per heavy atom. The van der Waals surface area contributed by atoms with E-state index in [1.807, 2.05) is 6.07 Å². The van der Waals surface area contributed by atoms with Gasteiger partial charge in [0.25, 0.3) is 0 Å². The quantitative estimate of drug-likeness (QED) is 0.180. The third kappa shape index (κ3) is 5.18. The van der Waals surface area contributed by atoms with Gasteiger partial charge in [0, 0.05) is 33.6 Å². The van der Waals surface area contributed by atoms with Crippen LogP contribution < -0.4 is 9.64 Å². The predicted octanol–water partition coefficient (Wildman–Crippen LogP) is 14.2. The summed E-state index contributed by atoms with van der Waals surface area (Å²) in [4.78, 5) is 2.39. The second-order valence-corrected chi connectivity index (χ2v) is 14.6. The monoisotopic (exact) mass is 679 g/mol. The molecule has 0 saturated heterocycles. The van der Waals surface area contributed by atoms with E-state index in [1.54, 1.807) is 0 Å². The van der Waals surface area contributed by atoms with E-state index in [0.29, 0.717) is 0 Å². The molecular weight excluding hydrogens is 643 g/mol. The smallest absolute Gasteiger partial charge is 0.135 e. The van der Waals surface area contributed by atoms with Crippen LogP contribution in [0.3, 0.4) is 0 Å². The van der Waals surface area contributed by atoms with Crippen molar-refractivity contribution in [2.24, 2.45) is 0 Å². The van der Waals surface area contributed by atoms with E-state index in [2.05, 4.69) is 201 Å². The number of nitrogens with zero attached hydrogens (tertiary/aromatic N) is 1. The minimum Gasteiger partial charge on any atom is -0.456 e. The molecule has 0 unspecified atom stereocenters. The minimum absolute atomic E-state index is 0.117. The molecular formula is C51H37NO. The number of hydrogen-bond donors (Lipinski definition) is 0. The molecule has 53 heavy (non-hydrogen) atoms. The topological polar surface area (TPSA) is 12.5 Å². The SMILES string of the molecule is CC1(C)c2ccccc2-c2ccc(N(c3ccc(-c4ccccc4)cc3)c3ccc4c(c3)-c3ccc(-c5ccccc5)cc3-c3ccccc3O4)cc21. The highest BCUT2D eigenvalue weighted by atomic mass is 16.5. The molecule has 252 valence electrons. The van der Waals surface area contributed by atoms with Crippen LogP contribution in [-0.4, -0.2) is 0 Å². The fourth-order valence-corrected chi connectivity index (χ4v) is 8.38. The molecule has 0 saturated carbocycles. The van der Waals surface area contributed by atoms with Crippen LogP contribution in [0.25, 0.3) is 55.6 Å². The third-order valence-electron chi connectivity index (χ3n) is 11.1. The maximum absolute atomic E-state index is 6.75. The van der Waals surface area contributed by atoms with Crippen LogP contribution in [0.5, 0.6) is 11.5 Å². The van der Waals surface area contributed by atoms with Crippen LogP contribution in [0.1, 0.15) is 25.0 Å². The molecule has 0 bridgehead atoms. The normalized spacial score (nSPS) is 13.0. The van der Waals surface area contributed by atoms with Gasteiger partial charge in [-0.3, -0.25) is 0 Å². The van der Waals surface area contributed by atoms with Gasteiger partial charge in [-0.05, 0) is 110 Å². The van der Waals surface area contributed by atoms with Crippen molar-refractivity contribution in [3.8, 4) is 67.1 Å². The summed E-state index contributed by atoms with van der Waals surface area (Å²) in [5.74, 6) is 1.71. The molecule has 0 atom stereocenters. The average molecular weight is 680 g/mol. The van der Waals surface area contributed by atoms with Gasteiger partial charge in [-0.1, -0.05) is 147 Å². The Morgan fingerprint density at radius 1 is 0.340 bits per heavy atom. The number of fused-ring (bicyclic) bond motifs is 8. The zero-order valence-electron chi connectivity index (χ0n) is 29.8. The van der Waals surface area contributed by atoms with Crippen LogP contribution in [-0.2, 0) is 5.41 Å². The molecule has 0 radical (unpaired) electrons. The molecule has 1 aliphatic heterocycles. The second kappa shape index (κ2) is 12.3. The fraction of sp³-hybridized carbons (Fsp3) is 0.0588. The van der Waals surface area contributed by atoms with Crippen molar-refractivity contribution in [3.63, 3.8) is 0 Å². The average Bonchev–Trinajstić information content (AvgIpc) is 3.35. The van der Waals surface area contributed by atoms with Crippen molar-refractivity contribution < 1.29 is 4.74 Å². The molecule has 2 nitrogen and oxygen atoms in total. The number of para-hydroxylation sites is 1. The van der Waals surface area contributed by atoms with Gasteiger partial charge >= 0.3 is 0 Å². The maximum atomic E-state index is 6.75. The Labute approximate surface area is 311 Å². The first kappa shape index (κ1) is 31.1. The van der Waals surface area contributed by atoms with Crippen molar-refractivity contribution in [2.75, 3.05) is 4.90 Å². The van der Waals surface area contributed by atoms with Gasteiger partial charge in [-0.15, -0.1) is 0 Å². The lowest BCUT2D eigenvalue weighted by molar-refractivity contribution is 0.488. The first-order valence-electron chi connectivity index (χ1n) is 18.3. The lowest BCUT2D eigenvalue weighted by Gasteiger charge is -2.29. The molecule has 0 spiro atoms. The molecule has 8 aromatic carbocycles. The van der Waals surface area contributed by atoms with E-state index in [9.17, 15) is 0 Å². The second-order valence-electron chi connectivity index (χ2n) is 14.6. The fourth-order valence-electron chi connectivity index (χ4n) is 8.38. The summed E-state index contributed by atoms with van der Waals surface area (Å²) < 4.78 is 6.75. The van der Waals surface area contributed by atoms with Gasteiger partial charge in [0.2, 0.25) is 0 Å². The van der Waals surface area contributed by atoms with Gasteiger partial charge in [-0.2, -0.15) is 0 Å². The number of rotatable bonds is 5. The number of benzene rings is 8. The Morgan fingerprint density at radius 2 is 0.868 bits per heavy atom. The molecule has 0 aromatic heterocycles. The number of ether oxygens (including phenoxy) is 1. The Balaban J connectivity index is 1.15. The molecule has 1 heterocycles. The Bertz CT molecular complexity index is 2660. The molecule has 2 aliphatic rings. The molecule has 10 rings (SSSR count). The first-order valence-corrected chi connectivity index (χ1v) is 18.3. The number of anilines is 3. The largest absolute Gasteiger partial charge is 0.456 e. The standard InChI is InChI=1S/C51H37NO/c1-51(2)47-19-11-9-17-42(47)43-29-26-40(33-48(43)51)52(38-24-21-36(22-25-38)34-13-5-3-6-14-34)39-27-30-50-46(32-39)41-28-23-37(35-15-7-4-8-16-35)31-45(41)44-18-10-12-20-49(44)53-50/h3-33H,1-2H3. The van der Waals surface area contributed by atoms with Crippen molar-refractivity contribution in [2.45, 2.75) is 19.3 Å². The van der Waals surface area contributed by atoms with Crippen molar-refractivity contribution in [1.29, 1.82) is 0 Å². The van der Waals surface area contributed by atoms with Gasteiger partial charge < -0.3 is 9.64 Å². The van der Waals surface area contributed by atoms with Gasteiger partial charge in [-0.25, -0.2) is 0 Å². The van der Waals surface area contributed by atoms with Crippen LogP contribution in [0, 0.1) is 0 Å². The van der Waals surface area contributed by atoms with E-state index in [1.165, 1.54) is 44.5 Å². The van der Waals surface area contributed by atoms with Gasteiger partial charge in [0.15, 0.2) is 0 Å². The van der Waals surface area contributed by atoms with E-state index < -0.39 is 0 Å². The summed E-state index contributed by atoms with van der Waals surface area (Å²) in [7, 11) is 0. The van der Waals surface area contributed by atoms with E-state index >= 15 is 0 Å². The van der Waals surface area contributed by atoms with Gasteiger partial charge in [0.1, 0.15) is 11.5 Å². The first-order chi connectivity index (χ1) is 26.0. The Hall–Kier alpha value is -6.64. The highest BCUT2D eigenvalue weighted by Crippen LogP contribution is 2.52. The summed E-state index contributed by atoms with van der Waals surface area (Å²) in [6.45, 7) is 4.69. The Kier molecular flexibility index (Phi) is 7.19. The molecule has 0 N–H and O–H groups in total. The van der Waals surface area contributed by atoms with Crippen molar-refractivity contribution in [1.82, 2.24) is 0 Å². The van der Waals surface area contributed by atoms with E-state index in [-0.39, 0.29) is 5.41 Å². The highest BCUT2D eigenvalue weighted by molar-refractivity contribution is 5.95. The summed E-state index contributed by atoms with van der Waals surface area (Å²) in [5, 5.41) is 0. The van der Waals surface area contributed by atoms with Crippen molar-refractivity contribution in [3.05, 3.63) is 199 Å². The molecule has 0 amide bonds. The maximum Gasteiger partial charge on any atom is 0.135 e. The molecule has 8 aromatic rings. The molecule has 1 aliphatic carbocycles. The van der Waals surface area contributed by atoms with Crippen LogP contribution in [0.2, 0.25) is 0 Å². The van der Waals surface area contributed by atoms with Crippen molar-refractivity contribution >= 4 is 17.1 Å². The zero-order chi connectivity index (χ0) is 35.5. The summed E-state index contributed by atoms with van der Waals surface area (Å²) in [6, 6.07) is 67.8. The molecule has 0 fully saturated rings. The lowest BCUT2D eigenvalue weighted by Crippen LogP contribution is -2.16. The summed E-state index contributed by atoms with van der Waals surface area (Å²) >= 11 is 0. The lowest BCUT2D eigenvalue weighted by atomic mass is 9.82. The summed E-state index contributed by atoms with van der Waals surface area (Å²) in [5.41, 5.74) is 17.7. The van der Waals surface area contributed by atoms with Crippen LogP contribution in [0.15, 0.2) is 188 Å². The van der Waals surface area contributed by atoms with Crippen LogP contribution in [0.4, 0.5) is 17.1 Å². The van der Waals surface area contributed by atoms with Gasteiger partial charge in [0.05, 0.1) is 0 Å². The molecule has 2 heteroatoms. The van der Waals surface area contributed by atoms with E-state index in [0.717, 1.165) is 50.8 Å². The zero-order valence-corrected chi connectivity index (χ0v) is 29.8. The minimum atomic E-state index is -0.117.